The van der Waals surface area contributed by atoms with E-state index in [2.05, 4.69) is 177 Å². The Morgan fingerprint density at radius 2 is 0.621 bits per heavy atom. The van der Waals surface area contributed by atoms with Gasteiger partial charge in [-0.3, -0.25) is 0 Å². The Bertz CT molecular complexity index is 1350. The maximum absolute atomic E-state index is 6.93. The number of unbranched alkanes of at least 4 members (excludes halogenated alkanes) is 3. The second kappa shape index (κ2) is 23.8. The van der Waals surface area contributed by atoms with Crippen LogP contribution in [-0.4, -0.2) is 19.8 Å². The molecule has 0 fully saturated rings. The maximum atomic E-state index is 6.93. The predicted octanol–water partition coefficient (Wildman–Crippen LogP) is 17.0. The predicted molar refractivity (Wildman–Crippen MR) is 254 cm³/mol. The standard InChI is InChI=1S/C54H87O3P/c1-16-19-22-46(40(4)43-25-31-49(32-26-43)52(7,8)9)37-55-58(56-38-47(23-20-17-2)41(5)44-27-33-50(34-28-44)53(10,11)12)57-39-48(24-21-18-3)42(6)45-29-35-51(36-30-45)54(13,14)15/h25-36,40-42,46-48H,16-24,37-39H2,1-15H3. The van der Waals surface area contributed by atoms with Crippen molar-refractivity contribution < 1.29 is 13.6 Å². The van der Waals surface area contributed by atoms with E-state index in [1.807, 2.05) is 0 Å². The average Bonchev–Trinajstić information content (AvgIpc) is 3.18. The van der Waals surface area contributed by atoms with Crippen LogP contribution in [0.15, 0.2) is 72.8 Å². The molecule has 0 radical (unpaired) electrons. The number of hydrogen-bond acceptors (Lipinski definition) is 3. The zero-order valence-corrected chi connectivity index (χ0v) is 40.9. The van der Waals surface area contributed by atoms with E-state index >= 15 is 0 Å². The van der Waals surface area contributed by atoms with Crippen molar-refractivity contribution in [3.05, 3.63) is 106 Å². The molecule has 0 spiro atoms. The molecule has 0 aliphatic heterocycles. The molecule has 0 amide bonds. The highest BCUT2D eigenvalue weighted by atomic mass is 31.2. The van der Waals surface area contributed by atoms with Gasteiger partial charge < -0.3 is 13.6 Å². The molecule has 0 aliphatic rings. The normalized spacial score (nSPS) is 16.4. The lowest BCUT2D eigenvalue weighted by Gasteiger charge is -2.30. The summed E-state index contributed by atoms with van der Waals surface area (Å²) in [5.41, 5.74) is 8.73. The third-order valence-corrected chi connectivity index (χ3v) is 14.1. The second-order valence-electron chi connectivity index (χ2n) is 20.8. The molecule has 0 aliphatic carbocycles. The van der Waals surface area contributed by atoms with Gasteiger partial charge in [-0.25, -0.2) is 0 Å². The summed E-state index contributed by atoms with van der Waals surface area (Å²) in [4.78, 5) is 0. The van der Waals surface area contributed by atoms with Gasteiger partial charge in [-0.15, -0.1) is 0 Å². The SMILES string of the molecule is CCCCC(COP(OCC(CCCC)C(C)c1ccc(C(C)(C)C)cc1)OCC(CCCC)C(C)c1ccc(C(C)(C)C)cc1)C(C)c1ccc(C(C)(C)C)cc1. The van der Waals surface area contributed by atoms with Gasteiger partial charge in [0.25, 0.3) is 0 Å². The molecule has 3 aromatic rings. The smallest absolute Gasteiger partial charge is 0.312 e. The molecule has 6 unspecified atom stereocenters. The molecule has 3 nitrogen and oxygen atoms in total. The fraction of sp³-hybridized carbons (Fsp3) is 0.667. The van der Waals surface area contributed by atoms with Gasteiger partial charge in [-0.2, -0.15) is 0 Å². The van der Waals surface area contributed by atoms with Crippen molar-refractivity contribution in [3.63, 3.8) is 0 Å². The molecule has 0 N–H and O–H groups in total. The van der Waals surface area contributed by atoms with Gasteiger partial charge in [0.1, 0.15) is 0 Å². The summed E-state index contributed by atoms with van der Waals surface area (Å²) >= 11 is 0. The molecule has 3 rings (SSSR count). The second-order valence-corrected chi connectivity index (χ2v) is 22.0. The molecular formula is C54H87O3P. The fourth-order valence-corrected chi connectivity index (χ4v) is 9.25. The minimum Gasteiger partial charge on any atom is -0.312 e. The molecule has 0 saturated heterocycles. The monoisotopic (exact) mass is 815 g/mol. The first-order valence-corrected chi connectivity index (χ1v) is 24.4. The largest absolute Gasteiger partial charge is 0.332 e. The van der Waals surface area contributed by atoms with Gasteiger partial charge in [0.2, 0.25) is 0 Å². The summed E-state index contributed by atoms with van der Waals surface area (Å²) in [5.74, 6) is 2.26. The van der Waals surface area contributed by atoms with E-state index in [9.17, 15) is 0 Å². The zero-order valence-electron chi connectivity index (χ0n) is 40.0. The van der Waals surface area contributed by atoms with Gasteiger partial charge in [0, 0.05) is 0 Å². The highest BCUT2D eigenvalue weighted by Crippen LogP contribution is 2.46. The van der Waals surface area contributed by atoms with E-state index in [-0.39, 0.29) is 16.2 Å². The summed E-state index contributed by atoms with van der Waals surface area (Å²) in [6, 6.07) is 28.0. The van der Waals surface area contributed by atoms with Crippen molar-refractivity contribution in [2.75, 3.05) is 19.8 Å². The first-order valence-electron chi connectivity index (χ1n) is 23.3. The minimum absolute atomic E-state index is 0.141. The molecule has 0 saturated carbocycles. The van der Waals surface area contributed by atoms with Crippen LogP contribution in [0.1, 0.15) is 213 Å². The van der Waals surface area contributed by atoms with Gasteiger partial charge in [0.15, 0.2) is 0 Å². The Labute approximate surface area is 360 Å². The van der Waals surface area contributed by atoms with Crippen molar-refractivity contribution >= 4 is 8.60 Å². The summed E-state index contributed by atoms with van der Waals surface area (Å²) < 4.78 is 20.8. The van der Waals surface area contributed by atoms with Crippen LogP contribution in [0.4, 0.5) is 0 Å². The Morgan fingerprint density at radius 3 is 0.810 bits per heavy atom. The lowest BCUT2D eigenvalue weighted by atomic mass is 9.82. The van der Waals surface area contributed by atoms with E-state index < -0.39 is 8.60 Å². The summed E-state index contributed by atoms with van der Waals surface area (Å²) in [7, 11) is -1.55. The molecule has 58 heavy (non-hydrogen) atoms. The molecule has 326 valence electrons. The van der Waals surface area contributed by atoms with Crippen LogP contribution < -0.4 is 0 Å². The van der Waals surface area contributed by atoms with Crippen LogP contribution in [0.25, 0.3) is 0 Å². The van der Waals surface area contributed by atoms with Crippen molar-refractivity contribution in [1.82, 2.24) is 0 Å². The van der Waals surface area contributed by atoms with E-state index in [0.717, 1.165) is 19.3 Å². The van der Waals surface area contributed by atoms with Crippen molar-refractivity contribution in [3.8, 4) is 0 Å². The fourth-order valence-electron chi connectivity index (χ4n) is 8.09. The van der Waals surface area contributed by atoms with E-state index in [1.165, 1.54) is 71.9 Å². The Kier molecular flexibility index (Phi) is 20.7. The summed E-state index contributed by atoms with van der Waals surface area (Å²) in [5, 5.41) is 0. The maximum Gasteiger partial charge on any atom is 0.332 e. The first-order chi connectivity index (χ1) is 27.3. The van der Waals surface area contributed by atoms with E-state index in [1.54, 1.807) is 0 Å². The molecule has 3 aromatic carbocycles. The molecule has 4 heteroatoms. The van der Waals surface area contributed by atoms with Crippen LogP contribution in [0.2, 0.25) is 0 Å². The van der Waals surface area contributed by atoms with Crippen molar-refractivity contribution in [2.24, 2.45) is 17.8 Å². The van der Waals surface area contributed by atoms with Crippen LogP contribution in [0.3, 0.4) is 0 Å². The first kappa shape index (κ1) is 50.3. The van der Waals surface area contributed by atoms with Gasteiger partial charge in [-0.1, -0.05) is 215 Å². The average molecular weight is 815 g/mol. The molecule has 6 atom stereocenters. The third-order valence-electron chi connectivity index (χ3n) is 13.0. The molecule has 0 heterocycles. The van der Waals surface area contributed by atoms with Crippen LogP contribution in [-0.2, 0) is 29.8 Å². The third kappa shape index (κ3) is 16.1. The number of hydrogen-bond donors (Lipinski definition) is 0. The summed E-state index contributed by atoms with van der Waals surface area (Å²) in [6.45, 7) is 36.6. The molecular weight excluding hydrogens is 728 g/mol. The topological polar surface area (TPSA) is 27.7 Å². The quantitative estimate of drug-likeness (QED) is 0.0843. The van der Waals surface area contributed by atoms with Crippen LogP contribution in [0, 0.1) is 17.8 Å². The molecule has 0 aromatic heterocycles. The number of rotatable bonds is 24. The molecule has 0 bridgehead atoms. The highest BCUT2D eigenvalue weighted by Gasteiger charge is 2.29. The Morgan fingerprint density at radius 1 is 0.397 bits per heavy atom. The van der Waals surface area contributed by atoms with Gasteiger partial charge >= 0.3 is 8.60 Å². The van der Waals surface area contributed by atoms with Crippen molar-refractivity contribution in [2.45, 2.75) is 196 Å². The Hall–Kier alpha value is -2.03. The van der Waals surface area contributed by atoms with Crippen LogP contribution >= 0.6 is 8.60 Å². The van der Waals surface area contributed by atoms with E-state index in [0.29, 0.717) is 55.3 Å². The minimum atomic E-state index is -1.55. The van der Waals surface area contributed by atoms with Crippen LogP contribution in [0.5, 0.6) is 0 Å². The highest BCUT2D eigenvalue weighted by molar-refractivity contribution is 7.41. The van der Waals surface area contributed by atoms with Gasteiger partial charge in [-0.05, 0) is 104 Å². The van der Waals surface area contributed by atoms with Crippen molar-refractivity contribution in [1.29, 1.82) is 0 Å². The lowest BCUT2D eigenvalue weighted by molar-refractivity contribution is 0.101. The lowest BCUT2D eigenvalue weighted by Crippen LogP contribution is -2.21. The zero-order chi connectivity index (χ0) is 43.1. The van der Waals surface area contributed by atoms with Gasteiger partial charge in [0.05, 0.1) is 19.8 Å². The summed E-state index contributed by atoms with van der Waals surface area (Å²) in [6.07, 6.45) is 10.5. The number of benzene rings is 3. The Balaban J connectivity index is 1.89. The van der Waals surface area contributed by atoms with E-state index in [4.69, 9.17) is 13.6 Å².